The van der Waals surface area contributed by atoms with Crippen LogP contribution in [0.25, 0.3) is 11.1 Å². The van der Waals surface area contributed by atoms with Crippen LogP contribution >= 0.6 is 0 Å². The first kappa shape index (κ1) is 18.8. The minimum absolute atomic E-state index is 0.0525. The van der Waals surface area contributed by atoms with Crippen molar-refractivity contribution in [2.45, 2.75) is 13.0 Å². The van der Waals surface area contributed by atoms with Gasteiger partial charge in [0.15, 0.2) is 0 Å². The van der Waals surface area contributed by atoms with Gasteiger partial charge in [-0.15, -0.1) is 0 Å². The third-order valence-electron chi connectivity index (χ3n) is 4.91. The van der Waals surface area contributed by atoms with E-state index in [1.165, 1.54) is 0 Å². The minimum Gasteiger partial charge on any atom is -0.458 e. The van der Waals surface area contributed by atoms with Crippen LogP contribution < -0.4 is 20.9 Å². The fraction of sp³-hybridized carbons (Fsp3) is 0.120. The second kappa shape index (κ2) is 8.25. The number of benzene rings is 3. The van der Waals surface area contributed by atoms with E-state index < -0.39 is 0 Å². The van der Waals surface area contributed by atoms with Crippen LogP contribution in [-0.2, 0) is 0 Å². The summed E-state index contributed by atoms with van der Waals surface area (Å²) in [7, 11) is 0. The van der Waals surface area contributed by atoms with Crippen molar-refractivity contribution >= 4 is 5.69 Å². The van der Waals surface area contributed by atoms with Gasteiger partial charge in [-0.25, -0.2) is 0 Å². The zero-order valence-electron chi connectivity index (χ0n) is 16.3. The summed E-state index contributed by atoms with van der Waals surface area (Å²) < 4.78 is 11.8. The van der Waals surface area contributed by atoms with Crippen LogP contribution in [0.5, 0.6) is 17.2 Å². The van der Waals surface area contributed by atoms with Crippen molar-refractivity contribution in [1.29, 1.82) is 0 Å². The molecule has 0 bridgehead atoms. The smallest absolute Gasteiger partial charge is 0.127 e. The predicted molar refractivity (Wildman–Crippen MR) is 118 cm³/mol. The van der Waals surface area contributed by atoms with E-state index in [1.54, 1.807) is 0 Å². The van der Waals surface area contributed by atoms with Crippen LogP contribution in [-0.4, -0.2) is 6.04 Å². The molecule has 0 saturated heterocycles. The van der Waals surface area contributed by atoms with E-state index in [0.29, 0.717) is 5.69 Å². The second-order valence-corrected chi connectivity index (χ2v) is 7.19. The maximum Gasteiger partial charge on any atom is 0.127 e. The van der Waals surface area contributed by atoms with Gasteiger partial charge < -0.3 is 20.9 Å². The van der Waals surface area contributed by atoms with Gasteiger partial charge in [-0.1, -0.05) is 37.3 Å². The molecule has 29 heavy (non-hydrogen) atoms. The maximum atomic E-state index is 5.98. The molecule has 146 valence electrons. The van der Waals surface area contributed by atoms with Crippen molar-refractivity contribution in [2.75, 3.05) is 5.73 Å². The van der Waals surface area contributed by atoms with E-state index in [0.717, 1.165) is 34.1 Å². The average molecular weight is 384 g/mol. The summed E-state index contributed by atoms with van der Waals surface area (Å²) in [6.45, 7) is 2.08. The van der Waals surface area contributed by atoms with Gasteiger partial charge in [0.2, 0.25) is 0 Å². The molecule has 0 radical (unpaired) electrons. The number of nitrogens with two attached hydrogens (primary N) is 2. The molecule has 0 aromatic heterocycles. The molecule has 4 N–H and O–H groups in total. The monoisotopic (exact) mass is 384 g/mol. The van der Waals surface area contributed by atoms with E-state index in [9.17, 15) is 0 Å². The Hall–Kier alpha value is -3.50. The molecule has 4 heteroatoms. The van der Waals surface area contributed by atoms with E-state index in [-0.39, 0.29) is 12.0 Å². The summed E-state index contributed by atoms with van der Waals surface area (Å²) in [6, 6.07) is 23.4. The van der Waals surface area contributed by atoms with Crippen molar-refractivity contribution in [3.05, 3.63) is 96.8 Å². The molecule has 0 spiro atoms. The van der Waals surface area contributed by atoms with Gasteiger partial charge in [0, 0.05) is 11.7 Å². The first-order chi connectivity index (χ1) is 14.1. The molecule has 0 aliphatic heterocycles. The summed E-state index contributed by atoms with van der Waals surface area (Å²) >= 11 is 0. The first-order valence-electron chi connectivity index (χ1n) is 9.64. The van der Waals surface area contributed by atoms with Crippen LogP contribution in [0.4, 0.5) is 5.69 Å². The van der Waals surface area contributed by atoms with Crippen LogP contribution in [0, 0.1) is 5.92 Å². The van der Waals surface area contributed by atoms with E-state index in [4.69, 9.17) is 20.9 Å². The van der Waals surface area contributed by atoms with E-state index >= 15 is 0 Å². The summed E-state index contributed by atoms with van der Waals surface area (Å²) in [4.78, 5) is 0. The number of hydrogen-bond acceptors (Lipinski definition) is 4. The zero-order chi connectivity index (χ0) is 20.2. The predicted octanol–water partition coefficient (Wildman–Crippen LogP) is 5.52. The van der Waals surface area contributed by atoms with Gasteiger partial charge in [-0.3, -0.25) is 0 Å². The molecule has 0 heterocycles. The molecule has 0 amide bonds. The van der Waals surface area contributed by atoms with Crippen molar-refractivity contribution in [3.63, 3.8) is 0 Å². The second-order valence-electron chi connectivity index (χ2n) is 7.19. The number of nitrogen functional groups attached to an aromatic ring is 1. The van der Waals surface area contributed by atoms with Crippen molar-refractivity contribution in [3.8, 4) is 28.4 Å². The molecule has 4 rings (SSSR count). The lowest BCUT2D eigenvalue weighted by Crippen LogP contribution is -2.27. The molecule has 1 aliphatic carbocycles. The Bertz CT molecular complexity index is 1020. The fourth-order valence-electron chi connectivity index (χ4n) is 3.11. The Labute approximate surface area is 171 Å². The largest absolute Gasteiger partial charge is 0.458 e. The molecule has 0 fully saturated rings. The number of ether oxygens (including phenoxy) is 2. The Morgan fingerprint density at radius 2 is 1.17 bits per heavy atom. The number of anilines is 1. The number of rotatable bonds is 5. The molecular weight excluding hydrogens is 360 g/mol. The maximum absolute atomic E-state index is 5.98. The Balaban J connectivity index is 1.42. The third-order valence-corrected chi connectivity index (χ3v) is 4.91. The molecule has 3 aromatic rings. The van der Waals surface area contributed by atoms with Gasteiger partial charge in [-0.2, -0.15) is 0 Å². The van der Waals surface area contributed by atoms with Gasteiger partial charge in [0.05, 0.1) is 0 Å². The molecule has 0 saturated carbocycles. The molecular formula is C25H24N2O2. The van der Waals surface area contributed by atoms with Gasteiger partial charge >= 0.3 is 0 Å². The van der Waals surface area contributed by atoms with Gasteiger partial charge in [0.25, 0.3) is 0 Å². The number of hydrogen-bond donors (Lipinski definition) is 2. The fourth-order valence-corrected chi connectivity index (χ4v) is 3.11. The van der Waals surface area contributed by atoms with Crippen molar-refractivity contribution in [2.24, 2.45) is 11.7 Å². The summed E-state index contributed by atoms with van der Waals surface area (Å²) in [6.07, 6.45) is 5.96. The molecule has 2 atom stereocenters. The van der Waals surface area contributed by atoms with E-state index in [2.05, 4.69) is 13.0 Å². The lowest BCUT2D eigenvalue weighted by Gasteiger charge is -2.19. The molecule has 1 aliphatic rings. The van der Waals surface area contributed by atoms with Crippen LogP contribution in [0.3, 0.4) is 0 Å². The quantitative estimate of drug-likeness (QED) is 0.568. The van der Waals surface area contributed by atoms with Crippen molar-refractivity contribution in [1.82, 2.24) is 0 Å². The highest BCUT2D eigenvalue weighted by atomic mass is 16.5. The SMILES string of the molecule is CC1C=C(Oc2ccc(-c3ccc(Oc4ccc(N)cc4)cc3)cc2)C=CC1N. The average Bonchev–Trinajstić information content (AvgIpc) is 2.74. The normalized spacial score (nSPS) is 18.2. The molecule has 3 aromatic carbocycles. The van der Waals surface area contributed by atoms with Crippen LogP contribution in [0.2, 0.25) is 0 Å². The van der Waals surface area contributed by atoms with Gasteiger partial charge in [0.1, 0.15) is 23.0 Å². The topological polar surface area (TPSA) is 70.5 Å². The van der Waals surface area contributed by atoms with Crippen LogP contribution in [0.15, 0.2) is 96.8 Å². The summed E-state index contributed by atoms with van der Waals surface area (Å²) in [5, 5.41) is 0. The minimum atomic E-state index is 0.0525. The Kier molecular flexibility index (Phi) is 5.36. The Morgan fingerprint density at radius 3 is 1.69 bits per heavy atom. The lowest BCUT2D eigenvalue weighted by molar-refractivity contribution is 0.427. The highest BCUT2D eigenvalue weighted by molar-refractivity contribution is 5.65. The summed E-state index contributed by atoms with van der Waals surface area (Å²) in [5.41, 5.74) is 14.6. The van der Waals surface area contributed by atoms with Crippen molar-refractivity contribution < 1.29 is 9.47 Å². The first-order valence-corrected chi connectivity index (χ1v) is 9.64. The molecule has 2 unspecified atom stereocenters. The third kappa shape index (κ3) is 4.68. The highest BCUT2D eigenvalue weighted by Gasteiger charge is 2.13. The highest BCUT2D eigenvalue weighted by Crippen LogP contribution is 2.28. The lowest BCUT2D eigenvalue weighted by atomic mass is 9.97. The van der Waals surface area contributed by atoms with E-state index in [1.807, 2.05) is 84.9 Å². The Morgan fingerprint density at radius 1 is 0.690 bits per heavy atom. The molecule has 4 nitrogen and oxygen atoms in total. The number of allylic oxidation sites excluding steroid dienone is 1. The van der Waals surface area contributed by atoms with Crippen LogP contribution in [0.1, 0.15) is 6.92 Å². The zero-order valence-corrected chi connectivity index (χ0v) is 16.3. The van der Waals surface area contributed by atoms with Gasteiger partial charge in [-0.05, 0) is 77.7 Å². The standard InChI is InChI=1S/C25H24N2O2/c1-17-16-24(14-15-25(17)27)29-22-10-4-19(5-11-22)18-2-8-21(9-3-18)28-23-12-6-20(26)7-13-23/h2-17,25H,26-27H2,1H3. The summed E-state index contributed by atoms with van der Waals surface area (Å²) in [5.74, 6) is 3.44.